The van der Waals surface area contributed by atoms with Crippen molar-refractivity contribution >= 4 is 7.82 Å². The molecule has 0 saturated heterocycles. The minimum absolute atomic E-state index is 0. The van der Waals surface area contributed by atoms with Gasteiger partial charge in [-0.1, -0.05) is 33.1 Å². The smallest absolute Gasteiger partial charge is 0.756 e. The summed E-state index contributed by atoms with van der Waals surface area (Å²) < 4.78 is 14.3. The van der Waals surface area contributed by atoms with Crippen molar-refractivity contribution < 1.29 is 70.3 Å². The van der Waals surface area contributed by atoms with E-state index in [-0.39, 0.29) is 58.0 Å². The van der Waals surface area contributed by atoms with Crippen LogP contribution < -0.4 is 56.3 Å². The maximum atomic E-state index is 10.1. The molecule has 0 aromatic heterocycles. The zero-order valence-electron chi connectivity index (χ0n) is 9.23. The second-order valence-corrected chi connectivity index (χ2v) is 4.74. The number of phosphoric ester groups is 1. The molecular weight excluding hydrogens is 230 g/mol. The van der Waals surface area contributed by atoms with Crippen molar-refractivity contribution in [3.05, 3.63) is 0 Å². The van der Waals surface area contributed by atoms with Gasteiger partial charge in [-0.25, -0.2) is 0 Å². The Morgan fingerprint density at radius 1 is 1.36 bits per heavy atom. The number of hydrogen-bond acceptors (Lipinski definition) is 3. The monoisotopic (exact) mass is 248 g/mol. The minimum Gasteiger partial charge on any atom is -0.756 e. The number of unbranched alkanes of at least 4 members (excludes halogenated alkanes) is 2. The van der Waals surface area contributed by atoms with E-state index in [9.17, 15) is 9.46 Å². The van der Waals surface area contributed by atoms with E-state index >= 15 is 0 Å². The molecule has 80 valence electrons. The van der Waals surface area contributed by atoms with E-state index in [0.717, 1.165) is 19.3 Å². The molecule has 0 heterocycles. The van der Waals surface area contributed by atoms with Gasteiger partial charge in [-0.2, -0.15) is 0 Å². The van der Waals surface area contributed by atoms with Crippen LogP contribution in [0.4, 0.5) is 0 Å². The average Bonchev–Trinajstić information content (AvgIpc) is 1.93. The summed E-state index contributed by atoms with van der Waals surface area (Å²) in [6, 6.07) is 0. The maximum Gasteiger partial charge on any atom is 1.00 e. The van der Waals surface area contributed by atoms with Gasteiger partial charge in [0.2, 0.25) is 0 Å². The first kappa shape index (κ1) is 18.1. The van der Waals surface area contributed by atoms with Crippen LogP contribution in [0.5, 0.6) is 0 Å². The van der Waals surface area contributed by atoms with Crippen molar-refractivity contribution in [3.63, 3.8) is 0 Å². The normalized spacial score (nSPS) is 14.9. The molecule has 0 spiro atoms. The second kappa shape index (κ2) is 9.94. The molecule has 0 amide bonds. The summed E-state index contributed by atoms with van der Waals surface area (Å²) in [4.78, 5) is 18.4. The summed E-state index contributed by atoms with van der Waals surface area (Å²) in [5.74, 6) is 0.685. The molecule has 0 aromatic carbocycles. The Kier molecular flexibility index (Phi) is 12.9. The van der Waals surface area contributed by atoms with Crippen LogP contribution in [-0.2, 0) is 9.09 Å². The molecule has 0 bridgehead atoms. The molecule has 0 radical (unpaired) electrons. The Labute approximate surface area is 128 Å². The average molecular weight is 248 g/mol. The van der Waals surface area contributed by atoms with Gasteiger partial charge in [0.15, 0.2) is 0 Å². The van der Waals surface area contributed by atoms with Crippen LogP contribution in [0.2, 0.25) is 0 Å². The topological polar surface area (TPSA) is 69.6 Å². The summed E-state index contributed by atoms with van der Waals surface area (Å²) in [7, 11) is -4.48. The molecule has 0 saturated carbocycles. The predicted octanol–water partition coefficient (Wildman–Crippen LogP) is -1.32. The number of phosphoric acid groups is 1. The summed E-state index contributed by atoms with van der Waals surface area (Å²) >= 11 is 0. The SMILES string of the molecule is CC(C)CCCCCOP(=O)([O-])O.[K+]. The molecule has 0 rings (SSSR count). The third-order valence-electron chi connectivity index (χ3n) is 1.68. The molecule has 1 unspecified atom stereocenters. The van der Waals surface area contributed by atoms with Gasteiger partial charge in [-0.05, 0) is 12.3 Å². The number of rotatable bonds is 7. The first-order valence-electron chi connectivity index (χ1n) is 4.60. The van der Waals surface area contributed by atoms with Crippen molar-refractivity contribution in [2.45, 2.75) is 39.5 Å². The Morgan fingerprint density at radius 3 is 2.36 bits per heavy atom. The summed E-state index contributed by atoms with van der Waals surface area (Å²) in [5, 5.41) is 0. The molecule has 0 aliphatic rings. The van der Waals surface area contributed by atoms with Crippen LogP contribution in [0, 0.1) is 5.92 Å². The van der Waals surface area contributed by atoms with E-state index in [4.69, 9.17) is 4.89 Å². The van der Waals surface area contributed by atoms with E-state index in [1.54, 1.807) is 0 Å². The molecule has 14 heavy (non-hydrogen) atoms. The molecular formula is C8H18KO4P. The van der Waals surface area contributed by atoms with Gasteiger partial charge in [-0.15, -0.1) is 0 Å². The Bertz CT molecular complexity index is 169. The second-order valence-electron chi connectivity index (χ2n) is 3.54. The van der Waals surface area contributed by atoms with Crippen molar-refractivity contribution in [3.8, 4) is 0 Å². The zero-order chi connectivity index (χ0) is 10.3. The van der Waals surface area contributed by atoms with Gasteiger partial charge in [0.05, 0.1) is 6.61 Å². The van der Waals surface area contributed by atoms with Crippen LogP contribution >= 0.6 is 7.82 Å². The van der Waals surface area contributed by atoms with Gasteiger partial charge >= 0.3 is 51.4 Å². The molecule has 0 aliphatic heterocycles. The van der Waals surface area contributed by atoms with Crippen LogP contribution in [0.25, 0.3) is 0 Å². The van der Waals surface area contributed by atoms with Gasteiger partial charge in [0, 0.05) is 0 Å². The van der Waals surface area contributed by atoms with Crippen molar-refractivity contribution in [2.75, 3.05) is 6.61 Å². The Morgan fingerprint density at radius 2 is 1.93 bits per heavy atom. The molecule has 1 atom stereocenters. The molecule has 6 heteroatoms. The van der Waals surface area contributed by atoms with Gasteiger partial charge < -0.3 is 14.3 Å². The fourth-order valence-electron chi connectivity index (χ4n) is 1.01. The fraction of sp³-hybridized carbons (Fsp3) is 1.00. The van der Waals surface area contributed by atoms with Gasteiger partial charge in [0.1, 0.15) is 0 Å². The van der Waals surface area contributed by atoms with Crippen LogP contribution in [0.15, 0.2) is 0 Å². The van der Waals surface area contributed by atoms with Crippen molar-refractivity contribution in [1.82, 2.24) is 0 Å². The van der Waals surface area contributed by atoms with Crippen LogP contribution in [0.1, 0.15) is 39.5 Å². The van der Waals surface area contributed by atoms with Crippen LogP contribution in [-0.4, -0.2) is 11.5 Å². The number of hydrogen-bond donors (Lipinski definition) is 1. The van der Waals surface area contributed by atoms with Crippen molar-refractivity contribution in [1.29, 1.82) is 0 Å². The molecule has 0 fully saturated rings. The summed E-state index contributed by atoms with van der Waals surface area (Å²) in [5.41, 5.74) is 0. The maximum absolute atomic E-state index is 10.1. The van der Waals surface area contributed by atoms with Gasteiger partial charge in [0.25, 0.3) is 7.82 Å². The molecule has 1 N–H and O–H groups in total. The molecule has 4 nitrogen and oxygen atoms in total. The third-order valence-corrected chi connectivity index (χ3v) is 2.19. The molecule has 0 aromatic rings. The largest absolute Gasteiger partial charge is 1.00 e. The van der Waals surface area contributed by atoms with Crippen LogP contribution in [0.3, 0.4) is 0 Å². The van der Waals surface area contributed by atoms with Crippen molar-refractivity contribution in [2.24, 2.45) is 5.92 Å². The Hall–Kier alpha value is 1.75. The zero-order valence-corrected chi connectivity index (χ0v) is 13.2. The summed E-state index contributed by atoms with van der Waals surface area (Å²) in [6.07, 6.45) is 3.85. The fourth-order valence-corrected chi connectivity index (χ4v) is 1.37. The molecule has 0 aliphatic carbocycles. The standard InChI is InChI=1S/C8H19O4P.K/c1-8(2)6-4-3-5-7-12-13(9,10)11;/h8H,3-7H2,1-2H3,(H2,9,10,11);/q;+1/p-1. The minimum atomic E-state index is -4.48. The van der Waals surface area contributed by atoms with E-state index in [0.29, 0.717) is 12.3 Å². The van der Waals surface area contributed by atoms with E-state index in [1.807, 2.05) is 0 Å². The van der Waals surface area contributed by atoms with Gasteiger partial charge in [-0.3, -0.25) is 4.57 Å². The van der Waals surface area contributed by atoms with E-state index in [1.165, 1.54) is 0 Å². The first-order chi connectivity index (χ1) is 5.92. The third kappa shape index (κ3) is 16.2. The van der Waals surface area contributed by atoms with E-state index in [2.05, 4.69) is 18.4 Å². The predicted molar refractivity (Wildman–Crippen MR) is 49.1 cm³/mol. The summed E-state index contributed by atoms with van der Waals surface area (Å²) in [6.45, 7) is 4.39. The Balaban J connectivity index is 0. The van der Waals surface area contributed by atoms with E-state index < -0.39 is 7.82 Å². The quantitative estimate of drug-likeness (QED) is 0.345. The first-order valence-corrected chi connectivity index (χ1v) is 6.09.